The second-order valence-corrected chi connectivity index (χ2v) is 9.95. The summed E-state index contributed by atoms with van der Waals surface area (Å²) in [4.78, 5) is 29.0. The van der Waals surface area contributed by atoms with E-state index in [2.05, 4.69) is 23.2 Å². The predicted molar refractivity (Wildman–Crippen MR) is 134 cm³/mol. The second-order valence-electron chi connectivity index (χ2n) is 9.55. The highest BCUT2D eigenvalue weighted by atomic mass is 35.5. The fourth-order valence-electron chi connectivity index (χ4n) is 5.27. The molecule has 1 N–H and O–H groups in total. The van der Waals surface area contributed by atoms with E-state index in [0.717, 1.165) is 40.9 Å². The Morgan fingerprint density at radius 2 is 1.94 bits per heavy atom. The van der Waals surface area contributed by atoms with Crippen molar-refractivity contribution in [3.05, 3.63) is 58.1 Å². The molecule has 0 aromatic heterocycles. The van der Waals surface area contributed by atoms with Gasteiger partial charge in [-0.1, -0.05) is 35.7 Å². The summed E-state index contributed by atoms with van der Waals surface area (Å²) < 4.78 is 0. The number of rotatable bonds is 3. The molecule has 0 saturated carbocycles. The Bertz CT molecular complexity index is 1190. The van der Waals surface area contributed by atoms with Crippen LogP contribution in [-0.2, 0) is 20.5 Å². The van der Waals surface area contributed by atoms with Gasteiger partial charge < -0.3 is 15.1 Å². The number of carbonyl (C=O) groups excluding carboxylic acids is 2. The van der Waals surface area contributed by atoms with E-state index in [9.17, 15) is 9.59 Å². The number of fused-ring (bicyclic) bond motifs is 1. The third-order valence-corrected chi connectivity index (χ3v) is 7.46. The Balaban J connectivity index is 1.79. The number of nitrogens with one attached hydrogen (secondary N) is 1. The summed E-state index contributed by atoms with van der Waals surface area (Å²) in [6.45, 7) is 8.77. The van der Waals surface area contributed by atoms with Gasteiger partial charge in [0.05, 0.1) is 11.0 Å². The van der Waals surface area contributed by atoms with Crippen molar-refractivity contribution in [3.8, 4) is 11.8 Å². The molecule has 0 aliphatic carbocycles. The first-order valence-electron chi connectivity index (χ1n) is 11.3. The van der Waals surface area contributed by atoms with Gasteiger partial charge in [-0.3, -0.25) is 9.59 Å². The molecule has 1 atom stereocenters. The van der Waals surface area contributed by atoms with Crippen molar-refractivity contribution in [3.63, 3.8) is 0 Å². The number of likely N-dealkylation sites (tertiary alicyclic amines) is 1. The third kappa shape index (κ3) is 3.87. The Labute approximate surface area is 201 Å². The molecule has 1 fully saturated rings. The lowest BCUT2D eigenvalue weighted by molar-refractivity contribution is -0.127. The normalized spacial score (nSPS) is 21.3. The predicted octanol–water partition coefficient (Wildman–Crippen LogP) is 4.86. The molecule has 2 aromatic rings. The Morgan fingerprint density at radius 1 is 1.18 bits per heavy atom. The zero-order valence-corrected chi connectivity index (χ0v) is 20.6. The minimum atomic E-state index is -0.545. The summed E-state index contributed by atoms with van der Waals surface area (Å²) >= 11 is 6.52. The van der Waals surface area contributed by atoms with Gasteiger partial charge >= 0.3 is 0 Å². The van der Waals surface area contributed by atoms with Gasteiger partial charge in [-0.25, -0.2) is 0 Å². The molecule has 0 spiro atoms. The molecule has 2 aliphatic heterocycles. The van der Waals surface area contributed by atoms with Crippen molar-refractivity contribution < 1.29 is 9.59 Å². The van der Waals surface area contributed by atoms with Crippen molar-refractivity contribution >= 4 is 34.8 Å². The summed E-state index contributed by atoms with van der Waals surface area (Å²) in [5, 5.41) is 4.46. The number of nitrogens with zero attached hydrogens (tertiary/aromatic N) is 2. The highest BCUT2D eigenvalue weighted by Gasteiger charge is 2.43. The average Bonchev–Trinajstić information content (AvgIpc) is 2.95. The van der Waals surface area contributed by atoms with Gasteiger partial charge in [0.2, 0.25) is 5.91 Å². The van der Waals surface area contributed by atoms with Gasteiger partial charge in [0, 0.05) is 36.5 Å². The summed E-state index contributed by atoms with van der Waals surface area (Å²) in [7, 11) is 1.82. The van der Waals surface area contributed by atoms with Crippen LogP contribution in [0.1, 0.15) is 50.3 Å². The van der Waals surface area contributed by atoms with E-state index in [4.69, 9.17) is 11.6 Å². The molecule has 2 aliphatic rings. The van der Waals surface area contributed by atoms with Gasteiger partial charge in [0.25, 0.3) is 5.91 Å². The van der Waals surface area contributed by atoms with Crippen LogP contribution in [0.2, 0.25) is 5.02 Å². The van der Waals surface area contributed by atoms with Gasteiger partial charge in [0.15, 0.2) is 0 Å². The van der Waals surface area contributed by atoms with Crippen LogP contribution in [0.4, 0.5) is 11.4 Å². The standard InChI is InChI=1S/C27H30ClN3O2/c1-6-9-24(32)31-15-8-14-27(17-31,20-10-7-11-22(28)18(20)2)29-19-12-13-21-23(16-19)30(5)25(33)26(21,3)4/h7,10-13,16,29H,8,14-15,17H2,1-5H3. The number of benzene rings is 2. The fraction of sp³-hybridized carbons (Fsp3) is 0.407. The van der Waals surface area contributed by atoms with Crippen molar-refractivity contribution in [1.29, 1.82) is 0 Å². The number of amides is 2. The zero-order valence-electron chi connectivity index (χ0n) is 19.9. The van der Waals surface area contributed by atoms with Gasteiger partial charge in [0.1, 0.15) is 0 Å². The van der Waals surface area contributed by atoms with E-state index < -0.39 is 11.0 Å². The quantitative estimate of drug-likeness (QED) is 0.661. The fourth-order valence-corrected chi connectivity index (χ4v) is 5.44. The van der Waals surface area contributed by atoms with Crippen LogP contribution in [0.15, 0.2) is 36.4 Å². The van der Waals surface area contributed by atoms with Crippen LogP contribution in [0.3, 0.4) is 0 Å². The average molecular weight is 464 g/mol. The molecule has 1 saturated heterocycles. The molecule has 0 bridgehead atoms. The first-order chi connectivity index (χ1) is 15.6. The first kappa shape index (κ1) is 23.2. The van der Waals surface area contributed by atoms with E-state index in [-0.39, 0.29) is 11.8 Å². The molecule has 2 aromatic carbocycles. The minimum absolute atomic E-state index is 0.0858. The van der Waals surface area contributed by atoms with Crippen molar-refractivity contribution in [1.82, 2.24) is 4.90 Å². The summed E-state index contributed by atoms with van der Waals surface area (Å²) in [6, 6.07) is 12.0. The molecule has 33 heavy (non-hydrogen) atoms. The summed E-state index contributed by atoms with van der Waals surface area (Å²) in [5.74, 6) is 5.34. The smallest absolute Gasteiger partial charge is 0.298 e. The van der Waals surface area contributed by atoms with Crippen molar-refractivity contribution in [2.75, 3.05) is 30.4 Å². The SMILES string of the molecule is CC#CC(=O)N1CCCC(Nc2ccc3c(c2)N(C)C(=O)C3(C)C)(c2cccc(Cl)c2C)C1. The lowest BCUT2D eigenvalue weighted by atomic mass is 9.79. The van der Waals surface area contributed by atoms with Gasteiger partial charge in [-0.05, 0) is 81.3 Å². The number of halogens is 1. The maximum absolute atomic E-state index is 12.8. The maximum Gasteiger partial charge on any atom is 0.298 e. The summed E-state index contributed by atoms with van der Waals surface area (Å²) in [5.41, 5.74) is 3.83. The first-order valence-corrected chi connectivity index (χ1v) is 11.7. The van der Waals surface area contributed by atoms with Crippen LogP contribution in [0.5, 0.6) is 0 Å². The van der Waals surface area contributed by atoms with E-state index in [0.29, 0.717) is 18.1 Å². The van der Waals surface area contributed by atoms with Gasteiger partial charge in [-0.2, -0.15) is 0 Å². The van der Waals surface area contributed by atoms with Gasteiger partial charge in [-0.15, -0.1) is 0 Å². The van der Waals surface area contributed by atoms with Crippen molar-refractivity contribution in [2.24, 2.45) is 0 Å². The molecule has 0 radical (unpaired) electrons. The summed E-state index contributed by atoms with van der Waals surface area (Å²) in [6.07, 6.45) is 1.68. The van der Waals surface area contributed by atoms with E-state index in [1.165, 1.54) is 0 Å². The monoisotopic (exact) mass is 463 g/mol. The molecule has 5 nitrogen and oxygen atoms in total. The number of hydrogen-bond donors (Lipinski definition) is 1. The molecule has 2 amide bonds. The van der Waals surface area contributed by atoms with E-state index in [1.54, 1.807) is 11.8 Å². The number of piperidine rings is 1. The molecule has 4 rings (SSSR count). The van der Waals surface area contributed by atoms with Crippen molar-refractivity contribution in [2.45, 2.75) is 51.5 Å². The lowest BCUT2D eigenvalue weighted by Gasteiger charge is -2.45. The largest absolute Gasteiger partial charge is 0.374 e. The number of anilines is 2. The second kappa shape index (κ2) is 8.43. The Hall–Kier alpha value is -2.97. The Kier molecular flexibility index (Phi) is 5.92. The number of likely N-dealkylation sites (N-methyl/N-ethyl adjacent to an activating group) is 1. The molecular weight excluding hydrogens is 434 g/mol. The van der Waals surface area contributed by atoms with Crippen LogP contribution in [-0.4, -0.2) is 36.9 Å². The minimum Gasteiger partial charge on any atom is -0.374 e. The molecule has 6 heteroatoms. The number of hydrogen-bond acceptors (Lipinski definition) is 3. The molecule has 172 valence electrons. The zero-order chi connectivity index (χ0) is 24.0. The lowest BCUT2D eigenvalue weighted by Crippen LogP contribution is -2.52. The highest BCUT2D eigenvalue weighted by molar-refractivity contribution is 6.31. The molecule has 2 heterocycles. The third-order valence-electron chi connectivity index (χ3n) is 7.05. The number of carbonyl (C=O) groups is 2. The highest BCUT2D eigenvalue weighted by Crippen LogP contribution is 2.44. The van der Waals surface area contributed by atoms with E-state index >= 15 is 0 Å². The molecular formula is C27H30ClN3O2. The van der Waals surface area contributed by atoms with Crippen LogP contribution in [0, 0.1) is 18.8 Å². The molecule has 1 unspecified atom stereocenters. The Morgan fingerprint density at radius 3 is 2.67 bits per heavy atom. The maximum atomic E-state index is 12.8. The van der Waals surface area contributed by atoms with Crippen LogP contribution in [0.25, 0.3) is 0 Å². The van der Waals surface area contributed by atoms with E-state index in [1.807, 2.05) is 63.1 Å². The topological polar surface area (TPSA) is 52.7 Å². The van der Waals surface area contributed by atoms with Crippen LogP contribution >= 0.6 is 11.6 Å². The van der Waals surface area contributed by atoms with Crippen LogP contribution < -0.4 is 10.2 Å².